The van der Waals surface area contributed by atoms with Crippen molar-refractivity contribution in [3.8, 4) is 11.5 Å². The fraction of sp³-hybridized carbons (Fsp3) is 0.500. The number of aromatic carboxylic acids is 1. The van der Waals surface area contributed by atoms with Gasteiger partial charge in [-0.1, -0.05) is 6.07 Å². The largest absolute Gasteiger partial charge is 0.562 e. The van der Waals surface area contributed by atoms with Gasteiger partial charge in [-0.2, -0.15) is 0 Å². The molecule has 2 heterocycles. The van der Waals surface area contributed by atoms with Crippen LogP contribution in [0.5, 0.6) is 11.5 Å². The highest BCUT2D eigenvalue weighted by Crippen LogP contribution is 2.36. The number of carbonyl (C=O) groups is 2. The molecule has 2 aliphatic rings. The summed E-state index contributed by atoms with van der Waals surface area (Å²) in [5.41, 5.74) is 0.909. The van der Waals surface area contributed by atoms with Crippen molar-refractivity contribution < 1.29 is 29.2 Å². The molecule has 9 heteroatoms. The molecule has 1 saturated heterocycles. The van der Waals surface area contributed by atoms with Crippen LogP contribution in [0.4, 0.5) is 0 Å². The molecule has 3 N–H and O–H groups in total. The lowest BCUT2D eigenvalue weighted by atomic mass is 9.85. The molecule has 25 heavy (non-hydrogen) atoms. The molecule has 133 valence electrons. The molecule has 3 rings (SSSR count). The lowest BCUT2D eigenvalue weighted by Crippen LogP contribution is -2.58. The molecule has 8 nitrogen and oxygen atoms in total. The number of aryl methyl sites for hydroxylation is 1. The molecule has 0 bridgehead atoms. The summed E-state index contributed by atoms with van der Waals surface area (Å²) in [4.78, 5) is 24.6. The van der Waals surface area contributed by atoms with Crippen LogP contribution in [0.25, 0.3) is 0 Å². The van der Waals surface area contributed by atoms with E-state index >= 15 is 0 Å². The molecule has 1 aromatic carbocycles. The zero-order valence-electron chi connectivity index (χ0n) is 13.9. The van der Waals surface area contributed by atoms with Crippen LogP contribution in [0, 0.1) is 0 Å². The van der Waals surface area contributed by atoms with Crippen molar-refractivity contribution in [1.82, 2.24) is 10.2 Å². The number of nitrogens with one attached hydrogen (secondary N) is 1. The third kappa shape index (κ3) is 3.72. The highest BCUT2D eigenvalue weighted by molar-refractivity contribution is 6.29. The van der Waals surface area contributed by atoms with Gasteiger partial charge in [0.1, 0.15) is 29.2 Å². The lowest BCUT2D eigenvalue weighted by molar-refractivity contribution is -0.140. The van der Waals surface area contributed by atoms with Gasteiger partial charge in [-0.3, -0.25) is 9.69 Å². The fourth-order valence-electron chi connectivity index (χ4n) is 3.07. The fourth-order valence-corrected chi connectivity index (χ4v) is 3.07. The van der Waals surface area contributed by atoms with Gasteiger partial charge in [0.2, 0.25) is 0 Å². The molecule has 0 amide bonds. The molecular weight excluding hydrogens is 327 g/mol. The highest BCUT2D eigenvalue weighted by Gasteiger charge is 2.33. The van der Waals surface area contributed by atoms with Crippen molar-refractivity contribution in [2.75, 3.05) is 26.7 Å². The van der Waals surface area contributed by atoms with Crippen molar-refractivity contribution in [2.45, 2.75) is 24.9 Å². The Morgan fingerprint density at radius 3 is 2.84 bits per heavy atom. The first-order chi connectivity index (χ1) is 12.0. The van der Waals surface area contributed by atoms with Crippen LogP contribution in [-0.4, -0.2) is 73.4 Å². The zero-order valence-corrected chi connectivity index (χ0v) is 13.9. The van der Waals surface area contributed by atoms with Crippen molar-refractivity contribution in [1.29, 1.82) is 0 Å². The molecule has 1 atom stereocenters. The number of hydrogen-bond donors (Lipinski definition) is 3. The van der Waals surface area contributed by atoms with E-state index in [-0.39, 0.29) is 17.4 Å². The predicted octanol–water partition coefficient (Wildman–Crippen LogP) is 0.0928. The number of likely N-dealkylation sites (tertiary alicyclic amines) is 1. The summed E-state index contributed by atoms with van der Waals surface area (Å²) in [6, 6.07) is 2.87. The number of aliphatic carboxylic acids is 1. The van der Waals surface area contributed by atoms with E-state index in [9.17, 15) is 14.7 Å². The van der Waals surface area contributed by atoms with E-state index in [1.807, 2.05) is 11.0 Å². The number of likely N-dealkylation sites (N-methyl/N-ethyl adjacent to an activating group) is 1. The topological polar surface area (TPSA) is 108 Å². The third-order valence-corrected chi connectivity index (χ3v) is 4.45. The minimum atomic E-state index is -1.08. The number of carboxylic acid groups (broad SMARTS) is 2. The maximum absolute atomic E-state index is 11.6. The first kappa shape index (κ1) is 17.6. The number of fused-ring (bicyclic) bond motifs is 1. The van der Waals surface area contributed by atoms with Crippen molar-refractivity contribution in [3.63, 3.8) is 0 Å². The van der Waals surface area contributed by atoms with Crippen LogP contribution in [0.2, 0.25) is 6.32 Å². The van der Waals surface area contributed by atoms with E-state index in [1.54, 1.807) is 20.6 Å². The van der Waals surface area contributed by atoms with E-state index in [4.69, 9.17) is 14.5 Å². The molecule has 0 aromatic heterocycles. The van der Waals surface area contributed by atoms with Gasteiger partial charge >= 0.3 is 19.4 Å². The molecule has 0 saturated carbocycles. The quantitative estimate of drug-likeness (QED) is 0.596. The minimum Gasteiger partial charge on any atom is -0.562 e. The van der Waals surface area contributed by atoms with Crippen molar-refractivity contribution >= 4 is 19.4 Å². The minimum absolute atomic E-state index is 0.0468. The second-order valence-corrected chi connectivity index (χ2v) is 6.19. The molecule has 0 aliphatic carbocycles. The van der Waals surface area contributed by atoms with E-state index in [0.29, 0.717) is 25.4 Å². The Morgan fingerprint density at radius 2 is 2.20 bits per heavy atom. The van der Waals surface area contributed by atoms with Gasteiger partial charge in [-0.25, -0.2) is 4.79 Å². The summed E-state index contributed by atoms with van der Waals surface area (Å²) in [7, 11) is 3.21. The normalized spacial score (nSPS) is 18.3. The smallest absolute Gasteiger partial charge is 0.370 e. The molecule has 1 fully saturated rings. The van der Waals surface area contributed by atoms with Gasteiger partial charge in [0.05, 0.1) is 0 Å². The number of nitrogens with zero attached hydrogens (tertiary/aromatic N) is 1. The first-order valence-electron chi connectivity index (χ1n) is 8.16. The highest BCUT2D eigenvalue weighted by atomic mass is 16.5. The van der Waals surface area contributed by atoms with Gasteiger partial charge < -0.3 is 24.9 Å². The summed E-state index contributed by atoms with van der Waals surface area (Å²) >= 11 is 0. The predicted molar refractivity (Wildman–Crippen MR) is 89.6 cm³/mol. The summed E-state index contributed by atoms with van der Waals surface area (Å²) in [5, 5.41) is 21.3. The van der Waals surface area contributed by atoms with E-state index in [0.717, 1.165) is 18.3 Å². The average Bonchev–Trinajstić information content (AvgIpc) is 2.55. The van der Waals surface area contributed by atoms with E-state index in [1.165, 1.54) is 0 Å². The molecule has 1 aromatic rings. The van der Waals surface area contributed by atoms with Crippen molar-refractivity contribution in [2.24, 2.45) is 0 Å². The van der Waals surface area contributed by atoms with Crippen LogP contribution < -0.4 is 14.7 Å². The maximum atomic E-state index is 11.6. The Kier molecular flexibility index (Phi) is 5.15. The SMILES string of the molecule is CN[C@H](CN1CC(Oc2ccc3c(c2C(=O)O)O[B]CC3)C1)C(=O)O. The molecule has 0 unspecified atom stereocenters. The van der Waals surface area contributed by atoms with Gasteiger partial charge in [-0.15, -0.1) is 0 Å². The standard InChI is InChI=1S/C16H20BN2O6/c1-18-11(15(20)21)8-19-6-10(7-19)24-12-3-2-9-4-5-17-25-14(9)13(12)16(22)23/h2-3,10-11,18H,4-8H2,1H3,(H,20,21)(H,22,23)/t11-/m1/s1. The molecule has 0 spiro atoms. The Morgan fingerprint density at radius 1 is 1.44 bits per heavy atom. The van der Waals surface area contributed by atoms with Crippen LogP contribution in [0.1, 0.15) is 15.9 Å². The maximum Gasteiger partial charge on any atom is 0.370 e. The van der Waals surface area contributed by atoms with Crippen LogP contribution in [-0.2, 0) is 11.2 Å². The van der Waals surface area contributed by atoms with E-state index in [2.05, 4.69) is 5.32 Å². The van der Waals surface area contributed by atoms with Gasteiger partial charge in [-0.05, 0) is 31.4 Å². The Labute approximate surface area is 146 Å². The van der Waals surface area contributed by atoms with Crippen LogP contribution in [0.15, 0.2) is 12.1 Å². The monoisotopic (exact) mass is 347 g/mol. The number of rotatable bonds is 7. The Hall–Kier alpha value is -2.26. The zero-order chi connectivity index (χ0) is 18.0. The summed E-state index contributed by atoms with van der Waals surface area (Å²) in [6.45, 7) is 1.48. The molecule has 1 radical (unpaired) electrons. The molecular formula is C16H20BN2O6. The first-order valence-corrected chi connectivity index (χ1v) is 8.16. The lowest BCUT2D eigenvalue weighted by Gasteiger charge is -2.40. The Bertz CT molecular complexity index is 677. The number of hydrogen-bond acceptors (Lipinski definition) is 6. The van der Waals surface area contributed by atoms with Crippen LogP contribution in [0.3, 0.4) is 0 Å². The number of carboxylic acids is 2. The summed E-state index contributed by atoms with van der Waals surface area (Å²) in [5.74, 6) is -1.34. The Balaban J connectivity index is 1.65. The second kappa shape index (κ2) is 7.32. The molecule has 2 aliphatic heterocycles. The van der Waals surface area contributed by atoms with Gasteiger partial charge in [0, 0.05) is 19.6 Å². The van der Waals surface area contributed by atoms with Crippen LogP contribution >= 0.6 is 0 Å². The average molecular weight is 347 g/mol. The van der Waals surface area contributed by atoms with Crippen molar-refractivity contribution in [3.05, 3.63) is 23.3 Å². The second-order valence-electron chi connectivity index (χ2n) is 6.19. The third-order valence-electron chi connectivity index (χ3n) is 4.45. The number of benzene rings is 1. The van der Waals surface area contributed by atoms with Gasteiger partial charge in [0.25, 0.3) is 0 Å². The summed E-state index contributed by atoms with van der Waals surface area (Å²) < 4.78 is 11.3. The van der Waals surface area contributed by atoms with Gasteiger partial charge in [0.15, 0.2) is 0 Å². The summed E-state index contributed by atoms with van der Waals surface area (Å²) in [6.07, 6.45) is 1.32. The van der Waals surface area contributed by atoms with E-state index < -0.39 is 18.0 Å². The number of ether oxygens (including phenoxy) is 1.